The van der Waals surface area contributed by atoms with Crippen LogP contribution in [0.1, 0.15) is 147 Å². The van der Waals surface area contributed by atoms with Gasteiger partial charge in [0.1, 0.15) is 0 Å². The molecule has 0 radical (unpaired) electrons. The topological polar surface area (TPSA) is 60.4 Å². The number of hydrogen-bond donors (Lipinski definition) is 1. The van der Waals surface area contributed by atoms with E-state index in [2.05, 4.69) is 27.8 Å². The van der Waals surface area contributed by atoms with Gasteiger partial charge in [-0.1, -0.05) is 134 Å². The largest absolute Gasteiger partial charge is 0.872 e. The first kappa shape index (κ1) is 36.0. The number of carboxylic acids is 1. The van der Waals surface area contributed by atoms with Crippen LogP contribution in [-0.4, -0.2) is 42.2 Å². The highest BCUT2D eigenvalue weighted by Gasteiger charge is 2.20. The van der Waals surface area contributed by atoms with Crippen molar-refractivity contribution in [1.29, 1.82) is 0 Å². The lowest BCUT2D eigenvalue weighted by Crippen LogP contribution is -2.46. The average molecular weight is 556 g/mol. The second-order valence-corrected chi connectivity index (χ2v) is 12.1. The first-order valence-electron chi connectivity index (χ1n) is 16.6. The first-order chi connectivity index (χ1) is 19.4. The quantitative estimate of drug-likeness (QED) is 0.116. The predicted octanol–water partition coefficient (Wildman–Crippen LogP) is 10.1. The zero-order valence-corrected chi connectivity index (χ0v) is 26.5. The van der Waals surface area contributed by atoms with Crippen molar-refractivity contribution in [2.24, 2.45) is 0 Å². The van der Waals surface area contributed by atoms with Gasteiger partial charge in [0.15, 0.2) is 0 Å². The maximum absolute atomic E-state index is 11.3. The molecule has 0 bridgehead atoms. The molecule has 0 heterocycles. The average Bonchev–Trinajstić information content (AvgIpc) is 2.94. The van der Waals surface area contributed by atoms with Gasteiger partial charge in [-0.05, 0) is 55.4 Å². The summed E-state index contributed by atoms with van der Waals surface area (Å²) >= 11 is 0. The summed E-state index contributed by atoms with van der Waals surface area (Å²) in [5.74, 6) is -1.63. The maximum Gasteiger partial charge on any atom is 0.335 e. The number of unbranched alkanes of at least 4 members (excludes halogenated alkanes) is 15. The van der Waals surface area contributed by atoms with Gasteiger partial charge in [-0.15, -0.1) is 0 Å². The Kier molecular flexibility index (Phi) is 20.3. The van der Waals surface area contributed by atoms with Crippen LogP contribution < -0.4 is 5.11 Å². The Bertz CT molecular complexity index is 869. The third kappa shape index (κ3) is 16.3. The molecule has 0 saturated heterocycles. The SMILES string of the molecule is CCCCCCCC[N+](C)(CCCCCCCC)CCCCCCCC.O=C(O)c1cc2ccccc2cc1[O-]. The maximum atomic E-state index is 11.3. The van der Waals surface area contributed by atoms with Crippen molar-refractivity contribution in [2.45, 2.75) is 136 Å². The number of aromatic carboxylic acids is 1. The predicted molar refractivity (Wildman–Crippen MR) is 171 cm³/mol. The number of carbonyl (C=O) groups is 1. The van der Waals surface area contributed by atoms with E-state index < -0.39 is 11.7 Å². The molecule has 0 amide bonds. The number of rotatable bonds is 22. The summed E-state index contributed by atoms with van der Waals surface area (Å²) in [5, 5.41) is 21.6. The van der Waals surface area contributed by atoms with Gasteiger partial charge in [0.05, 0.1) is 32.2 Å². The Morgan fingerprint density at radius 3 is 1.35 bits per heavy atom. The fourth-order valence-corrected chi connectivity index (χ4v) is 5.54. The monoisotopic (exact) mass is 555 g/mol. The molecule has 40 heavy (non-hydrogen) atoms. The van der Waals surface area contributed by atoms with Crippen molar-refractivity contribution in [2.75, 3.05) is 26.7 Å². The highest BCUT2D eigenvalue weighted by molar-refractivity contribution is 5.97. The van der Waals surface area contributed by atoms with E-state index in [9.17, 15) is 9.90 Å². The van der Waals surface area contributed by atoms with Gasteiger partial charge in [-0.3, -0.25) is 0 Å². The lowest BCUT2D eigenvalue weighted by molar-refractivity contribution is -0.910. The van der Waals surface area contributed by atoms with Crippen LogP contribution in [0.2, 0.25) is 0 Å². The van der Waals surface area contributed by atoms with E-state index in [1.54, 1.807) is 18.2 Å². The summed E-state index contributed by atoms with van der Waals surface area (Å²) < 4.78 is 1.36. The van der Waals surface area contributed by atoms with Gasteiger partial charge in [0.25, 0.3) is 0 Å². The minimum Gasteiger partial charge on any atom is -0.872 e. The molecule has 2 aromatic carbocycles. The molecule has 4 nitrogen and oxygen atoms in total. The van der Waals surface area contributed by atoms with Crippen LogP contribution in [0.5, 0.6) is 5.75 Å². The fraction of sp³-hybridized carbons (Fsp3) is 0.694. The van der Waals surface area contributed by atoms with Crippen LogP contribution >= 0.6 is 0 Å². The van der Waals surface area contributed by atoms with Gasteiger partial charge in [-0.25, -0.2) is 4.79 Å². The van der Waals surface area contributed by atoms with Crippen molar-refractivity contribution in [3.05, 3.63) is 42.0 Å². The van der Waals surface area contributed by atoms with E-state index in [0.29, 0.717) is 0 Å². The molecule has 4 heteroatoms. The Hall–Kier alpha value is -2.07. The van der Waals surface area contributed by atoms with E-state index >= 15 is 0 Å². The second-order valence-electron chi connectivity index (χ2n) is 12.1. The van der Waals surface area contributed by atoms with E-state index in [4.69, 9.17) is 5.11 Å². The second kappa shape index (κ2) is 22.6. The smallest absolute Gasteiger partial charge is 0.335 e. The van der Waals surface area contributed by atoms with Crippen molar-refractivity contribution in [3.8, 4) is 5.75 Å². The Morgan fingerprint density at radius 2 is 0.975 bits per heavy atom. The van der Waals surface area contributed by atoms with E-state index in [1.165, 1.54) is 152 Å². The number of fused-ring (bicyclic) bond motifs is 1. The zero-order chi connectivity index (χ0) is 29.5. The molecule has 1 N–H and O–H groups in total. The van der Waals surface area contributed by atoms with Gasteiger partial charge < -0.3 is 14.7 Å². The lowest BCUT2D eigenvalue weighted by atomic mass is 10.1. The third-order valence-corrected chi connectivity index (χ3v) is 8.23. The highest BCUT2D eigenvalue weighted by atomic mass is 16.4. The minimum absolute atomic E-state index is 0.177. The summed E-state index contributed by atoms with van der Waals surface area (Å²) in [6.07, 6.45) is 25.9. The van der Waals surface area contributed by atoms with Crippen LogP contribution in [0.3, 0.4) is 0 Å². The molecule has 0 aliphatic carbocycles. The summed E-state index contributed by atoms with van der Waals surface area (Å²) in [4.78, 5) is 10.7. The van der Waals surface area contributed by atoms with Crippen molar-refractivity contribution < 1.29 is 19.5 Å². The molecule has 0 saturated carbocycles. The first-order valence-corrected chi connectivity index (χ1v) is 16.6. The van der Waals surface area contributed by atoms with Gasteiger partial charge in [0.2, 0.25) is 0 Å². The molecule has 0 aromatic heterocycles. The third-order valence-electron chi connectivity index (χ3n) is 8.23. The molecule has 228 valence electrons. The van der Waals surface area contributed by atoms with Crippen molar-refractivity contribution in [3.63, 3.8) is 0 Å². The molecule has 0 fully saturated rings. The molecule has 0 spiro atoms. The number of hydrogen-bond acceptors (Lipinski definition) is 2. The molecule has 0 aliphatic heterocycles. The van der Waals surface area contributed by atoms with E-state index in [-0.39, 0.29) is 5.56 Å². The van der Waals surface area contributed by atoms with Gasteiger partial charge >= 0.3 is 5.97 Å². The molecule has 0 aliphatic rings. The summed E-state index contributed by atoms with van der Waals surface area (Å²) in [7, 11) is 2.56. The summed E-state index contributed by atoms with van der Waals surface area (Å²) in [6, 6.07) is 9.92. The lowest BCUT2D eigenvalue weighted by Gasteiger charge is -2.35. The minimum atomic E-state index is -1.18. The van der Waals surface area contributed by atoms with Crippen LogP contribution in [0, 0.1) is 0 Å². The molecule has 0 atom stereocenters. The Labute approximate surface area is 246 Å². The number of nitrogens with zero attached hydrogens (tertiary/aromatic N) is 1. The molecule has 0 unspecified atom stereocenters. The van der Waals surface area contributed by atoms with Crippen LogP contribution in [0.15, 0.2) is 36.4 Å². The molecular weight excluding hydrogens is 494 g/mol. The van der Waals surface area contributed by atoms with Gasteiger partial charge in [0, 0.05) is 0 Å². The normalized spacial score (nSPS) is 11.4. The molecular formula is C36H61NO3. The van der Waals surface area contributed by atoms with Crippen LogP contribution in [0.25, 0.3) is 10.8 Å². The zero-order valence-electron chi connectivity index (χ0n) is 26.5. The summed E-state index contributed by atoms with van der Waals surface area (Å²) in [6.45, 7) is 11.2. The number of benzene rings is 2. The highest BCUT2D eigenvalue weighted by Crippen LogP contribution is 2.22. The Morgan fingerprint density at radius 1 is 0.625 bits per heavy atom. The van der Waals surface area contributed by atoms with Crippen LogP contribution in [0.4, 0.5) is 0 Å². The number of quaternary nitrogens is 1. The van der Waals surface area contributed by atoms with Crippen molar-refractivity contribution >= 4 is 16.7 Å². The standard InChI is InChI=1S/C25H54N.C11H8O3/c1-5-8-11-14-17-20-23-26(4,24-21-18-15-12-9-6-2)25-22-19-16-13-10-7-3;12-10-6-8-4-2-1-3-7(8)5-9(10)11(13)14/h5-25H2,1-4H3;1-6,12H,(H,13,14)/q+1;/p-1. The molecule has 2 aromatic rings. The Balaban J connectivity index is 0.000000473. The van der Waals surface area contributed by atoms with E-state index in [0.717, 1.165) is 10.8 Å². The fourth-order valence-electron chi connectivity index (χ4n) is 5.54. The molecule has 2 rings (SSSR count). The summed E-state index contributed by atoms with van der Waals surface area (Å²) in [5.41, 5.74) is -0.177. The number of carboxylic acid groups (broad SMARTS) is 1. The van der Waals surface area contributed by atoms with Gasteiger partial charge in [-0.2, -0.15) is 0 Å². The van der Waals surface area contributed by atoms with Crippen molar-refractivity contribution in [1.82, 2.24) is 0 Å². The van der Waals surface area contributed by atoms with E-state index in [1.807, 2.05) is 6.07 Å². The van der Waals surface area contributed by atoms with Crippen LogP contribution in [-0.2, 0) is 0 Å².